The van der Waals surface area contributed by atoms with Crippen molar-refractivity contribution in [2.75, 3.05) is 0 Å². The third-order valence-electron chi connectivity index (χ3n) is 22.9. The van der Waals surface area contributed by atoms with Gasteiger partial charge in [0, 0.05) is 130 Å². The van der Waals surface area contributed by atoms with Crippen LogP contribution < -0.4 is 33.0 Å². The molecule has 10 nitrogen and oxygen atoms in total. The van der Waals surface area contributed by atoms with Gasteiger partial charge in [0.1, 0.15) is 0 Å². The van der Waals surface area contributed by atoms with Crippen molar-refractivity contribution in [1.82, 2.24) is 24.1 Å². The Kier molecular flexibility index (Phi) is 33.1. The van der Waals surface area contributed by atoms with E-state index in [1.165, 1.54) is 78.3 Å². The molecule has 6 heterocycles. The van der Waals surface area contributed by atoms with Gasteiger partial charge in [-0.25, -0.2) is 9.97 Å². The average Bonchev–Trinajstić information content (AvgIpc) is 1.58. The van der Waals surface area contributed by atoms with E-state index in [1.54, 1.807) is 6.08 Å². The minimum atomic E-state index is 0. The highest BCUT2D eigenvalue weighted by molar-refractivity contribution is 9.11. The number of halogens is 5. The minimum Gasteiger partial charge on any atom is -1.00 e. The van der Waals surface area contributed by atoms with E-state index in [9.17, 15) is 9.59 Å². The first-order chi connectivity index (χ1) is 63.7. The molecular formula is C118H99Br5N8O2. The number of pyridine rings is 3. The number of ketones is 2. The molecule has 0 radical (unpaired) electrons. The summed E-state index contributed by atoms with van der Waals surface area (Å²) < 4.78 is 10.7. The first-order valence-corrected chi connectivity index (χ1v) is 46.5. The number of nitrogens with one attached hydrogen (secondary N) is 1. The van der Waals surface area contributed by atoms with E-state index in [2.05, 4.69) is 363 Å². The number of fused-ring (bicyclic) bond motifs is 9. The molecule has 1 fully saturated rings. The van der Waals surface area contributed by atoms with Crippen molar-refractivity contribution < 1.29 is 31.1 Å². The molecule has 15 heteroatoms. The summed E-state index contributed by atoms with van der Waals surface area (Å²) in [7, 11) is 0. The summed E-state index contributed by atoms with van der Waals surface area (Å²) in [6.45, 7) is 0.394. The third kappa shape index (κ3) is 23.7. The summed E-state index contributed by atoms with van der Waals surface area (Å²) in [5, 5.41) is 7.58. The van der Waals surface area contributed by atoms with Crippen LogP contribution in [0, 0.1) is 0 Å². The number of para-hydroxylation sites is 6. The van der Waals surface area contributed by atoms with Gasteiger partial charge in [-0.05, 0) is 162 Å². The summed E-state index contributed by atoms with van der Waals surface area (Å²) in [4.78, 5) is 37.2. The SMILES string of the molecule is Brc1cc(Br)cc(-c2cc(-c3ccccc3)nc(-c3ccccc3)c2)c1.C.C.N[C@@H]1CCCC[C@H]1N.O=C(/C=C/c1cc(Br)cc(Br)c1)c1ccccc1.O=C(C[n+]1ccccc1)c1ccccc1.[Br-].c1ccc(-c2cc(-c3cc(-n4c5ccccc5c5ccccc54)cc(-n4c5ccccc5c5ccccc54)c3)cc(-c3ccccc3)n2)cc1.c1ccc2c(c1)[nH]c1ccccc12. The molecule has 133 heavy (non-hydrogen) atoms. The molecule has 1 saturated carbocycles. The molecule has 1 aliphatic carbocycles. The second kappa shape index (κ2) is 46.1. The maximum atomic E-state index is 11.9. The van der Waals surface area contributed by atoms with Gasteiger partial charge in [-0.1, -0.05) is 395 Å². The summed E-state index contributed by atoms with van der Waals surface area (Å²) in [6.07, 6.45) is 12.0. The molecule has 6 aromatic heterocycles. The molecule has 22 rings (SSSR count). The fourth-order valence-corrected chi connectivity index (χ4v) is 19.1. The predicted octanol–water partition coefficient (Wildman–Crippen LogP) is 28.7. The highest BCUT2D eigenvalue weighted by atomic mass is 79.9. The zero-order chi connectivity index (χ0) is 89.1. The number of hydrogen-bond donors (Lipinski definition) is 3. The smallest absolute Gasteiger partial charge is 0.227 e. The number of Topliss-reactive ketones (excluding diaryl/α,β-unsaturated/α-hetero) is 1. The van der Waals surface area contributed by atoms with E-state index >= 15 is 0 Å². The molecule has 5 N–H and O–H groups in total. The topological polar surface area (TPSA) is 141 Å². The van der Waals surface area contributed by atoms with Gasteiger partial charge in [0.05, 0.1) is 44.8 Å². The number of aromatic amines is 1. The van der Waals surface area contributed by atoms with Crippen molar-refractivity contribution in [2.24, 2.45) is 11.5 Å². The maximum absolute atomic E-state index is 11.9. The molecule has 658 valence electrons. The Hall–Kier alpha value is -13.5. The number of allylic oxidation sites excluding steroid dienone is 1. The van der Waals surface area contributed by atoms with E-state index in [-0.39, 0.29) is 55.5 Å². The molecule has 0 bridgehead atoms. The van der Waals surface area contributed by atoms with Crippen molar-refractivity contribution in [3.05, 3.63) is 478 Å². The lowest BCUT2D eigenvalue weighted by Gasteiger charge is -2.24. The number of carbonyl (C=O) groups is 2. The van der Waals surface area contributed by atoms with Crippen LogP contribution in [0.4, 0.5) is 0 Å². The van der Waals surface area contributed by atoms with Crippen LogP contribution in [0.2, 0.25) is 0 Å². The molecule has 2 atom stereocenters. The van der Waals surface area contributed by atoms with Crippen LogP contribution in [0.15, 0.2) is 461 Å². The summed E-state index contributed by atoms with van der Waals surface area (Å²) in [5.74, 6) is 0.137. The van der Waals surface area contributed by atoms with Gasteiger partial charge in [-0.15, -0.1) is 0 Å². The summed E-state index contributed by atoms with van der Waals surface area (Å²) in [6, 6.07) is 146. The van der Waals surface area contributed by atoms with Crippen LogP contribution in [0.1, 0.15) is 66.8 Å². The molecule has 0 spiro atoms. The molecule has 0 saturated heterocycles. The third-order valence-corrected chi connectivity index (χ3v) is 24.7. The van der Waals surface area contributed by atoms with Crippen LogP contribution >= 0.6 is 63.7 Å². The molecule has 0 amide bonds. The van der Waals surface area contributed by atoms with Gasteiger partial charge in [-0.3, -0.25) is 9.59 Å². The van der Waals surface area contributed by atoms with Gasteiger partial charge >= 0.3 is 0 Å². The lowest BCUT2D eigenvalue weighted by Crippen LogP contribution is -3.00. The molecule has 0 aliphatic heterocycles. The quantitative estimate of drug-likeness (QED) is 0.0562. The lowest BCUT2D eigenvalue weighted by atomic mass is 9.92. The Morgan fingerprint density at radius 1 is 0.331 bits per heavy atom. The van der Waals surface area contributed by atoms with Gasteiger partial charge < -0.3 is 42.6 Å². The van der Waals surface area contributed by atoms with Gasteiger partial charge in [0.25, 0.3) is 0 Å². The average molecular weight is 2060 g/mol. The number of nitrogens with zero attached hydrogens (tertiary/aromatic N) is 5. The van der Waals surface area contributed by atoms with Crippen LogP contribution in [-0.4, -0.2) is 47.7 Å². The summed E-state index contributed by atoms with van der Waals surface area (Å²) >= 11 is 14.0. The number of carbonyl (C=O) groups excluding carboxylic acids is 2. The molecule has 15 aromatic carbocycles. The van der Waals surface area contributed by atoms with Crippen molar-refractivity contribution in [2.45, 2.75) is 59.2 Å². The fraction of sp³-hybridized carbons (Fsp3) is 0.0763. The minimum absolute atomic E-state index is 0. The zero-order valence-corrected chi connectivity index (χ0v) is 79.4. The summed E-state index contributed by atoms with van der Waals surface area (Å²) in [5.41, 5.74) is 35.9. The van der Waals surface area contributed by atoms with Gasteiger partial charge in [-0.2, -0.15) is 4.57 Å². The molecular weight excluding hydrogens is 1960 g/mol. The van der Waals surface area contributed by atoms with Crippen LogP contribution in [0.25, 0.3) is 150 Å². The molecule has 21 aromatic rings. The van der Waals surface area contributed by atoms with E-state index < -0.39 is 0 Å². The van der Waals surface area contributed by atoms with Crippen molar-refractivity contribution in [3.63, 3.8) is 0 Å². The number of rotatable bonds is 14. The first-order valence-electron chi connectivity index (χ1n) is 43.3. The zero-order valence-electron chi connectivity index (χ0n) is 71.5. The van der Waals surface area contributed by atoms with Crippen LogP contribution in [-0.2, 0) is 6.54 Å². The lowest BCUT2D eigenvalue weighted by molar-refractivity contribution is -0.683. The Balaban J connectivity index is 0.000000143. The van der Waals surface area contributed by atoms with E-state index in [1.807, 2.05) is 163 Å². The monoisotopic (exact) mass is 2050 g/mol. The number of aromatic nitrogens is 6. The normalized spacial score (nSPS) is 12.5. The van der Waals surface area contributed by atoms with Crippen LogP contribution in [0.3, 0.4) is 0 Å². The molecule has 0 unspecified atom stereocenters. The van der Waals surface area contributed by atoms with Crippen molar-refractivity contribution in [1.29, 1.82) is 0 Å². The first kappa shape index (κ1) is 95.6. The van der Waals surface area contributed by atoms with Crippen molar-refractivity contribution >= 4 is 147 Å². The molecule has 1 aliphatic rings. The van der Waals surface area contributed by atoms with Gasteiger partial charge in [0.15, 0.2) is 18.2 Å². The van der Waals surface area contributed by atoms with Crippen LogP contribution in [0.5, 0.6) is 0 Å². The Labute approximate surface area is 821 Å². The second-order valence-corrected chi connectivity index (χ2v) is 35.4. The number of H-pyrrole nitrogens is 1. The predicted molar refractivity (Wildman–Crippen MR) is 568 cm³/mol. The Morgan fingerprint density at radius 2 is 0.624 bits per heavy atom. The largest absolute Gasteiger partial charge is 1.00 e. The van der Waals surface area contributed by atoms with Crippen molar-refractivity contribution in [3.8, 4) is 78.7 Å². The highest BCUT2D eigenvalue weighted by Gasteiger charge is 2.21. The second-order valence-electron chi connectivity index (χ2n) is 31.8. The number of benzene rings is 15. The van der Waals surface area contributed by atoms with E-state index in [0.29, 0.717) is 12.1 Å². The van der Waals surface area contributed by atoms with Gasteiger partial charge in [0.2, 0.25) is 12.3 Å². The number of hydrogen-bond acceptors (Lipinski definition) is 6. The number of nitrogens with two attached hydrogens (primary N) is 2. The Bertz CT molecular complexity index is 7070. The Morgan fingerprint density at radius 3 is 0.985 bits per heavy atom. The standard InChI is InChI=1S/C47H31N3.C23H15Br2N.C15H10Br2O.C13H12NO.C12H9N.C6H14N2.2CH4.BrH/c1-3-15-32(16-4-1)42-29-35(30-43(48-42)33-17-5-2-6-18-33)34-27-36(49-44-23-11-7-19-38(44)39-20-8-12-24-45(39)49)31-37(28-34)50-46-25-13-9-21-40(46)41-22-10-14-26-47(41)50;24-20-11-18(12-21(25)15-20)19-13-22(16-7-3-1-4-8-16)26-23(14-19)17-9-5-2-6-10-17;16-13-8-11(9-14(17)10-13)6-7-15(18)12-4-2-1-3-5-12;15-13(12-7-3-1-4-8-12)11-14-9-5-2-6-10-14;1-3-7-11-9(5-1)10-6-2-4-8-12(10)13-11;7-5-3-1-2-4-6(5)8;;;/h1-31H;1-15H;1-10H;1-10H,11H2;1-8,13H;5-6H,1-4,7-8H2;2*1H4;1H/q;;;+1;;;;;/p-1/b;;7-6+;;;;;;/t;;;;;5-,6-;;;/m.....1.../s1. The maximum Gasteiger partial charge on any atom is 0.227 e. The van der Waals surface area contributed by atoms with E-state index in [4.69, 9.17) is 21.4 Å². The van der Waals surface area contributed by atoms with E-state index in [0.717, 1.165) is 121 Å². The highest BCUT2D eigenvalue weighted by Crippen LogP contribution is 2.41. The fourth-order valence-electron chi connectivity index (χ4n) is 16.5.